The number of alkyl halides is 2. The highest BCUT2D eigenvalue weighted by Gasteiger charge is 2.38. The zero-order valence-electron chi connectivity index (χ0n) is 22.3. The Morgan fingerprint density at radius 1 is 1.05 bits per heavy atom. The maximum Gasteiger partial charge on any atom is 0.405 e. The van der Waals surface area contributed by atoms with Crippen molar-refractivity contribution in [3.63, 3.8) is 0 Å². The molecule has 2 amide bonds. The van der Waals surface area contributed by atoms with E-state index in [0.29, 0.717) is 81.9 Å². The summed E-state index contributed by atoms with van der Waals surface area (Å²) >= 11 is 0. The number of rotatable bonds is 7. The van der Waals surface area contributed by atoms with Gasteiger partial charge in [-0.25, -0.2) is 18.6 Å². The summed E-state index contributed by atoms with van der Waals surface area (Å²) in [6.45, 7) is 2.64. The number of carbonyl (C=O) groups is 2. The number of amides is 2. The van der Waals surface area contributed by atoms with Gasteiger partial charge in [-0.2, -0.15) is 9.97 Å². The van der Waals surface area contributed by atoms with E-state index in [1.54, 1.807) is 35.2 Å². The molecule has 3 aromatic rings. The number of nitrogens with one attached hydrogen (secondary N) is 1. The Kier molecular flexibility index (Phi) is 7.56. The molecule has 1 atom stereocenters. The van der Waals surface area contributed by atoms with Crippen LogP contribution in [-0.2, 0) is 9.53 Å². The first-order chi connectivity index (χ1) is 19.9. The van der Waals surface area contributed by atoms with Gasteiger partial charge in [0.05, 0.1) is 24.2 Å². The van der Waals surface area contributed by atoms with Crippen LogP contribution in [0.4, 0.5) is 19.5 Å². The van der Waals surface area contributed by atoms with Gasteiger partial charge in [-0.15, -0.1) is 0 Å². The van der Waals surface area contributed by atoms with Gasteiger partial charge in [0.2, 0.25) is 17.7 Å². The molecule has 218 valence electrons. The number of carbonyl (C=O) groups excluding carboxylic acids is 1. The van der Waals surface area contributed by atoms with E-state index in [2.05, 4.69) is 20.3 Å². The second-order valence-corrected chi connectivity index (χ2v) is 10.4. The highest BCUT2D eigenvalue weighted by molar-refractivity contribution is 5.87. The number of halogens is 2. The van der Waals surface area contributed by atoms with E-state index in [0.717, 1.165) is 0 Å². The third-order valence-electron chi connectivity index (χ3n) is 7.89. The number of carboxylic acid groups (broad SMARTS) is 1. The van der Waals surface area contributed by atoms with E-state index in [4.69, 9.17) is 14.6 Å². The van der Waals surface area contributed by atoms with Gasteiger partial charge in [0.25, 0.3) is 6.43 Å². The zero-order chi connectivity index (χ0) is 28.5. The van der Waals surface area contributed by atoms with Crippen LogP contribution in [0.1, 0.15) is 44.4 Å². The fourth-order valence-electron chi connectivity index (χ4n) is 5.91. The van der Waals surface area contributed by atoms with Gasteiger partial charge in [-0.1, -0.05) is 12.1 Å². The molecule has 3 aliphatic rings. The lowest BCUT2D eigenvalue weighted by Crippen LogP contribution is -2.46. The lowest BCUT2D eigenvalue weighted by Gasteiger charge is -2.34. The molecule has 12 nitrogen and oxygen atoms in total. The highest BCUT2D eigenvalue weighted by Crippen LogP contribution is 2.32. The van der Waals surface area contributed by atoms with Crippen LogP contribution in [0.5, 0.6) is 5.88 Å². The van der Waals surface area contributed by atoms with Crippen LogP contribution in [0, 0.1) is 0 Å². The summed E-state index contributed by atoms with van der Waals surface area (Å²) in [5.74, 6) is 0.298. The van der Waals surface area contributed by atoms with E-state index >= 15 is 0 Å². The second kappa shape index (κ2) is 11.4. The number of ether oxygens (including phenoxy) is 2. The van der Waals surface area contributed by atoms with E-state index in [1.165, 1.54) is 4.57 Å². The summed E-state index contributed by atoms with van der Waals surface area (Å²) in [7, 11) is 0. The van der Waals surface area contributed by atoms with Crippen molar-refractivity contribution in [2.24, 2.45) is 0 Å². The number of fused-ring (bicyclic) bond motifs is 1. The molecule has 2 aliphatic heterocycles. The summed E-state index contributed by atoms with van der Waals surface area (Å²) in [5.41, 5.74) is 0.944. The van der Waals surface area contributed by atoms with Crippen LogP contribution < -0.4 is 15.0 Å². The Labute approximate surface area is 234 Å². The van der Waals surface area contributed by atoms with Crippen molar-refractivity contribution in [2.75, 3.05) is 37.7 Å². The predicted molar refractivity (Wildman–Crippen MR) is 143 cm³/mol. The number of nitrogens with zero attached hydrogens (tertiary/aromatic N) is 6. The molecule has 3 fully saturated rings. The van der Waals surface area contributed by atoms with Crippen LogP contribution in [0.3, 0.4) is 0 Å². The molecule has 2 aromatic heterocycles. The van der Waals surface area contributed by atoms with Crippen LogP contribution in [0.25, 0.3) is 16.9 Å². The Bertz CT molecular complexity index is 1420. The van der Waals surface area contributed by atoms with Crippen molar-refractivity contribution in [1.82, 2.24) is 29.7 Å². The van der Waals surface area contributed by atoms with Crippen LogP contribution >= 0.6 is 0 Å². The number of hydrogen-bond donors (Lipinski definition) is 2. The molecule has 41 heavy (non-hydrogen) atoms. The molecular formula is C27H31F2N7O5. The maximum absolute atomic E-state index is 14.1. The Morgan fingerprint density at radius 3 is 2.54 bits per heavy atom. The van der Waals surface area contributed by atoms with Gasteiger partial charge in [-0.3, -0.25) is 9.36 Å². The molecule has 6 rings (SSSR count). The first kappa shape index (κ1) is 27.1. The van der Waals surface area contributed by atoms with Gasteiger partial charge in [-0.05, 0) is 44.2 Å². The number of para-hydroxylation sites is 2. The number of morpholine rings is 1. The lowest BCUT2D eigenvalue weighted by atomic mass is 9.92. The summed E-state index contributed by atoms with van der Waals surface area (Å²) < 4.78 is 41.4. The second-order valence-electron chi connectivity index (χ2n) is 10.4. The quantitative estimate of drug-likeness (QED) is 0.439. The Hall–Kier alpha value is -4.07. The number of likely N-dealkylation sites (tertiary alicyclic amines) is 1. The summed E-state index contributed by atoms with van der Waals surface area (Å²) in [4.78, 5) is 40.9. The van der Waals surface area contributed by atoms with Gasteiger partial charge >= 0.3 is 6.09 Å². The Morgan fingerprint density at radius 2 is 1.80 bits per heavy atom. The lowest BCUT2D eigenvalue weighted by molar-refractivity contribution is -0.132. The average Bonchev–Trinajstić information content (AvgIpc) is 3.54. The molecule has 2 N–H and O–H groups in total. The molecule has 1 aromatic carbocycles. The molecule has 4 heterocycles. The third-order valence-corrected chi connectivity index (χ3v) is 7.89. The molecule has 0 unspecified atom stereocenters. The maximum atomic E-state index is 14.1. The minimum Gasteiger partial charge on any atom is -0.474 e. The minimum absolute atomic E-state index is 0.0127. The third kappa shape index (κ3) is 5.60. The van der Waals surface area contributed by atoms with Crippen LogP contribution in [0.2, 0.25) is 0 Å². The van der Waals surface area contributed by atoms with Crippen molar-refractivity contribution in [3.05, 3.63) is 36.2 Å². The number of aromatic nitrogens is 4. The topological polar surface area (TPSA) is 135 Å². The molecular weight excluding hydrogens is 540 g/mol. The SMILES string of the molecule is O=C(O)N[C@H]1CCN([C@H]2CC[C@H](Oc3cc(-n4c(C(F)F)nc5ccccc54)nc(N4CCOCC4)n3)CC2)C1=O. The monoisotopic (exact) mass is 571 g/mol. The molecule has 0 bridgehead atoms. The van der Waals surface area contributed by atoms with Crippen molar-refractivity contribution in [1.29, 1.82) is 0 Å². The molecule has 2 saturated heterocycles. The van der Waals surface area contributed by atoms with Crippen LogP contribution in [0.15, 0.2) is 30.3 Å². The van der Waals surface area contributed by atoms with Gasteiger partial charge in [0, 0.05) is 31.7 Å². The number of anilines is 1. The van der Waals surface area contributed by atoms with Gasteiger partial charge < -0.3 is 29.7 Å². The van der Waals surface area contributed by atoms with Crippen molar-refractivity contribution >= 4 is 29.0 Å². The summed E-state index contributed by atoms with van der Waals surface area (Å²) in [6.07, 6.45) is -1.03. The molecule has 1 saturated carbocycles. The Balaban J connectivity index is 1.24. The first-order valence-electron chi connectivity index (χ1n) is 13.8. The fourth-order valence-corrected chi connectivity index (χ4v) is 5.91. The highest BCUT2D eigenvalue weighted by atomic mass is 19.3. The minimum atomic E-state index is -2.82. The standard InChI is InChI=1S/C27H31F2N7O5/c28-23(29)24-30-18-3-1-2-4-20(18)36(24)21-15-22(33-26(32-21)34-11-13-40-14-12-34)41-17-7-5-16(6-8-17)35-10-9-19(25(35)37)31-27(38)39/h1-4,15-17,19,23,31H,5-14H2,(H,38,39)/t16-,17-,19-/m0/s1. The first-order valence-corrected chi connectivity index (χ1v) is 13.8. The van der Waals surface area contributed by atoms with Gasteiger partial charge in [0.15, 0.2) is 5.82 Å². The summed E-state index contributed by atoms with van der Waals surface area (Å²) in [6, 6.07) is 7.81. The van der Waals surface area contributed by atoms with E-state index in [-0.39, 0.29) is 29.8 Å². The number of hydrogen-bond acceptors (Lipinski definition) is 8. The van der Waals surface area contributed by atoms with Crippen molar-refractivity contribution in [3.8, 4) is 11.7 Å². The van der Waals surface area contributed by atoms with E-state index < -0.39 is 24.4 Å². The summed E-state index contributed by atoms with van der Waals surface area (Å²) in [5, 5.41) is 11.3. The van der Waals surface area contributed by atoms with Crippen molar-refractivity contribution < 1.29 is 33.0 Å². The normalized spacial score (nSPS) is 23.4. The van der Waals surface area contributed by atoms with Crippen molar-refractivity contribution in [2.45, 2.75) is 56.7 Å². The van der Waals surface area contributed by atoms with Gasteiger partial charge in [0.1, 0.15) is 18.0 Å². The molecule has 1 aliphatic carbocycles. The smallest absolute Gasteiger partial charge is 0.405 e. The number of benzene rings is 1. The van der Waals surface area contributed by atoms with E-state index in [9.17, 15) is 18.4 Å². The van der Waals surface area contributed by atoms with E-state index in [1.807, 2.05) is 4.90 Å². The molecule has 14 heteroatoms. The number of imidazole rings is 1. The zero-order valence-corrected chi connectivity index (χ0v) is 22.3. The molecule has 0 radical (unpaired) electrons. The average molecular weight is 572 g/mol. The largest absolute Gasteiger partial charge is 0.474 e. The molecule has 0 spiro atoms. The fraction of sp³-hybridized carbons (Fsp3) is 0.519. The van der Waals surface area contributed by atoms with Crippen LogP contribution in [-0.4, -0.2) is 92.6 Å². The predicted octanol–water partition coefficient (Wildman–Crippen LogP) is 3.15.